The molecular weight excluding hydrogens is 376 g/mol. The second-order valence-corrected chi connectivity index (χ2v) is 7.99. The van der Waals surface area contributed by atoms with Crippen LogP contribution >= 0.6 is 0 Å². The first-order valence-electron chi connectivity index (χ1n) is 10.6. The van der Waals surface area contributed by atoms with Crippen LogP contribution in [0, 0.1) is 0 Å². The SMILES string of the molecule is COc1ccc([C@@H]2C(C(=O)N3CCCCC3)=C(C)Nc3nc4ccccc4n32)cc1. The number of nitrogens with zero attached hydrogens (tertiary/aromatic N) is 3. The fourth-order valence-electron chi connectivity index (χ4n) is 4.61. The number of carbonyl (C=O) groups excluding carboxylic acids is 1. The predicted molar refractivity (Wildman–Crippen MR) is 118 cm³/mol. The lowest BCUT2D eigenvalue weighted by molar-refractivity contribution is -0.128. The summed E-state index contributed by atoms with van der Waals surface area (Å²) >= 11 is 0. The maximum atomic E-state index is 13.7. The minimum absolute atomic E-state index is 0.115. The van der Waals surface area contributed by atoms with Gasteiger partial charge in [-0.25, -0.2) is 4.98 Å². The van der Waals surface area contributed by atoms with E-state index in [2.05, 4.69) is 16.0 Å². The fourth-order valence-corrected chi connectivity index (χ4v) is 4.61. The standard InChI is InChI=1S/C24H26N4O2/c1-16-21(23(29)27-14-6-3-7-15-27)22(17-10-12-18(30-2)13-11-17)28-20-9-5-4-8-19(20)26-24(28)25-16/h4-5,8-13,22H,3,6-7,14-15H2,1-2H3,(H,25,26)/t22-/m1/s1. The highest BCUT2D eigenvalue weighted by atomic mass is 16.5. The molecule has 0 radical (unpaired) electrons. The maximum Gasteiger partial charge on any atom is 0.254 e. The molecule has 1 aromatic heterocycles. The topological polar surface area (TPSA) is 59.4 Å². The number of methoxy groups -OCH3 is 1. The Hall–Kier alpha value is -3.28. The van der Waals surface area contributed by atoms with Crippen LogP contribution in [0.2, 0.25) is 0 Å². The second-order valence-electron chi connectivity index (χ2n) is 7.99. The van der Waals surface area contributed by atoms with Crippen molar-refractivity contribution in [2.75, 3.05) is 25.5 Å². The number of para-hydroxylation sites is 2. The summed E-state index contributed by atoms with van der Waals surface area (Å²) in [6, 6.07) is 15.8. The minimum atomic E-state index is -0.242. The maximum absolute atomic E-state index is 13.7. The van der Waals surface area contributed by atoms with Gasteiger partial charge in [0.15, 0.2) is 0 Å². The fraction of sp³-hybridized carbons (Fsp3) is 0.333. The number of hydrogen-bond donors (Lipinski definition) is 1. The van der Waals surface area contributed by atoms with Gasteiger partial charge in [0, 0.05) is 18.8 Å². The third kappa shape index (κ3) is 3.03. The monoisotopic (exact) mass is 402 g/mol. The molecule has 1 atom stereocenters. The average Bonchev–Trinajstić information content (AvgIpc) is 3.16. The van der Waals surface area contributed by atoms with Crippen LogP contribution in [-0.2, 0) is 4.79 Å². The number of anilines is 1. The largest absolute Gasteiger partial charge is 0.497 e. The summed E-state index contributed by atoms with van der Waals surface area (Å²) in [5.41, 5.74) is 4.63. The molecule has 2 aliphatic heterocycles. The molecule has 3 aromatic rings. The molecule has 0 aliphatic carbocycles. The first-order chi connectivity index (χ1) is 14.7. The van der Waals surface area contributed by atoms with E-state index in [4.69, 9.17) is 9.72 Å². The van der Waals surface area contributed by atoms with E-state index in [-0.39, 0.29) is 11.9 Å². The molecule has 1 fully saturated rings. The van der Waals surface area contributed by atoms with Crippen LogP contribution in [0.25, 0.3) is 11.0 Å². The Labute approximate surface area is 176 Å². The molecular formula is C24H26N4O2. The van der Waals surface area contributed by atoms with Crippen molar-refractivity contribution in [3.05, 3.63) is 65.4 Å². The van der Waals surface area contributed by atoms with E-state index < -0.39 is 0 Å². The molecule has 5 rings (SSSR count). The molecule has 0 spiro atoms. The Balaban J connectivity index is 1.68. The first-order valence-corrected chi connectivity index (χ1v) is 10.6. The number of hydrogen-bond acceptors (Lipinski definition) is 4. The normalized spacial score (nSPS) is 18.9. The average molecular weight is 402 g/mol. The smallest absolute Gasteiger partial charge is 0.254 e. The van der Waals surface area contributed by atoms with Crippen molar-refractivity contribution >= 4 is 22.9 Å². The number of likely N-dealkylation sites (tertiary alicyclic amines) is 1. The lowest BCUT2D eigenvalue weighted by Crippen LogP contribution is -2.40. The lowest BCUT2D eigenvalue weighted by atomic mass is 9.93. The highest BCUT2D eigenvalue weighted by molar-refractivity contribution is 5.98. The van der Waals surface area contributed by atoms with Gasteiger partial charge in [-0.05, 0) is 56.0 Å². The Bertz CT molecular complexity index is 1120. The molecule has 2 aliphatic rings. The van der Waals surface area contributed by atoms with Crippen LogP contribution in [-0.4, -0.2) is 40.6 Å². The molecule has 3 heterocycles. The van der Waals surface area contributed by atoms with Gasteiger partial charge in [0.2, 0.25) is 5.95 Å². The van der Waals surface area contributed by atoms with Crippen LogP contribution < -0.4 is 10.1 Å². The van der Waals surface area contributed by atoms with Crippen molar-refractivity contribution in [2.45, 2.75) is 32.2 Å². The lowest BCUT2D eigenvalue weighted by Gasteiger charge is -2.35. The summed E-state index contributed by atoms with van der Waals surface area (Å²) < 4.78 is 7.51. The highest BCUT2D eigenvalue weighted by Crippen LogP contribution is 2.40. The van der Waals surface area contributed by atoms with E-state index in [9.17, 15) is 4.79 Å². The molecule has 6 heteroatoms. The summed E-state index contributed by atoms with van der Waals surface area (Å²) in [4.78, 5) is 20.5. The molecule has 30 heavy (non-hydrogen) atoms. The van der Waals surface area contributed by atoms with E-state index in [0.717, 1.165) is 65.5 Å². The van der Waals surface area contributed by atoms with E-state index in [1.807, 2.05) is 54.3 Å². The summed E-state index contributed by atoms with van der Waals surface area (Å²) in [5, 5.41) is 3.40. The number of ether oxygens (including phenoxy) is 1. The number of nitrogens with one attached hydrogen (secondary N) is 1. The molecule has 2 aromatic carbocycles. The third-order valence-corrected chi connectivity index (χ3v) is 6.14. The van der Waals surface area contributed by atoms with Crippen LogP contribution in [0.15, 0.2) is 59.8 Å². The van der Waals surface area contributed by atoms with Gasteiger partial charge in [-0.3, -0.25) is 9.36 Å². The van der Waals surface area contributed by atoms with Crippen LogP contribution in [0.5, 0.6) is 5.75 Å². The Morgan fingerprint density at radius 1 is 1.07 bits per heavy atom. The number of aromatic nitrogens is 2. The number of fused-ring (bicyclic) bond motifs is 3. The molecule has 1 N–H and O–H groups in total. The number of carbonyl (C=O) groups is 1. The highest BCUT2D eigenvalue weighted by Gasteiger charge is 2.36. The van der Waals surface area contributed by atoms with Gasteiger partial charge < -0.3 is 15.0 Å². The van der Waals surface area contributed by atoms with Gasteiger partial charge in [-0.15, -0.1) is 0 Å². The number of piperidine rings is 1. The number of amides is 1. The Morgan fingerprint density at radius 3 is 2.53 bits per heavy atom. The van der Waals surface area contributed by atoms with Crippen molar-refractivity contribution in [1.82, 2.24) is 14.5 Å². The molecule has 1 amide bonds. The predicted octanol–water partition coefficient (Wildman–Crippen LogP) is 4.35. The van der Waals surface area contributed by atoms with Crippen LogP contribution in [0.3, 0.4) is 0 Å². The quantitative estimate of drug-likeness (QED) is 0.708. The number of rotatable bonds is 3. The zero-order valence-corrected chi connectivity index (χ0v) is 17.4. The molecule has 0 saturated carbocycles. The number of imidazole rings is 1. The molecule has 0 bridgehead atoms. The van der Waals surface area contributed by atoms with E-state index in [0.29, 0.717) is 0 Å². The number of allylic oxidation sites excluding steroid dienone is 1. The van der Waals surface area contributed by atoms with Gasteiger partial charge in [-0.2, -0.15) is 0 Å². The molecule has 6 nitrogen and oxygen atoms in total. The van der Waals surface area contributed by atoms with Gasteiger partial charge in [0.25, 0.3) is 5.91 Å². The minimum Gasteiger partial charge on any atom is -0.497 e. The van der Waals surface area contributed by atoms with Crippen molar-refractivity contribution in [3.8, 4) is 5.75 Å². The van der Waals surface area contributed by atoms with Gasteiger partial charge in [0.1, 0.15) is 5.75 Å². The first kappa shape index (κ1) is 18.7. The summed E-state index contributed by atoms with van der Waals surface area (Å²) in [6.07, 6.45) is 3.33. The van der Waals surface area contributed by atoms with Crippen molar-refractivity contribution in [3.63, 3.8) is 0 Å². The van der Waals surface area contributed by atoms with Crippen LogP contribution in [0.4, 0.5) is 5.95 Å². The van der Waals surface area contributed by atoms with E-state index in [1.54, 1.807) is 7.11 Å². The van der Waals surface area contributed by atoms with Crippen molar-refractivity contribution < 1.29 is 9.53 Å². The number of benzene rings is 2. The zero-order chi connectivity index (χ0) is 20.7. The Kier molecular flexibility index (Phi) is 4.69. The van der Waals surface area contributed by atoms with Crippen LogP contribution in [0.1, 0.15) is 37.8 Å². The third-order valence-electron chi connectivity index (χ3n) is 6.14. The van der Waals surface area contributed by atoms with Crippen molar-refractivity contribution in [1.29, 1.82) is 0 Å². The molecule has 154 valence electrons. The van der Waals surface area contributed by atoms with E-state index in [1.165, 1.54) is 6.42 Å². The van der Waals surface area contributed by atoms with Gasteiger partial charge >= 0.3 is 0 Å². The summed E-state index contributed by atoms with van der Waals surface area (Å²) in [6.45, 7) is 3.63. The van der Waals surface area contributed by atoms with Gasteiger partial charge in [0.05, 0.1) is 29.8 Å². The Morgan fingerprint density at radius 2 is 1.80 bits per heavy atom. The van der Waals surface area contributed by atoms with Crippen molar-refractivity contribution in [2.24, 2.45) is 0 Å². The van der Waals surface area contributed by atoms with E-state index >= 15 is 0 Å². The molecule has 1 saturated heterocycles. The molecule has 0 unspecified atom stereocenters. The van der Waals surface area contributed by atoms with Gasteiger partial charge in [-0.1, -0.05) is 24.3 Å². The zero-order valence-electron chi connectivity index (χ0n) is 17.4. The summed E-state index contributed by atoms with van der Waals surface area (Å²) in [7, 11) is 1.66. The summed E-state index contributed by atoms with van der Waals surface area (Å²) in [5.74, 6) is 1.68. The second kappa shape index (κ2) is 7.52.